The lowest BCUT2D eigenvalue weighted by Gasteiger charge is -2.08. The fourth-order valence-corrected chi connectivity index (χ4v) is 1.90. The summed E-state index contributed by atoms with van der Waals surface area (Å²) < 4.78 is 13.8. The lowest BCUT2D eigenvalue weighted by molar-refractivity contribution is 0.102. The van der Waals surface area contributed by atoms with Crippen LogP contribution in [0.1, 0.15) is 21.5 Å². The maximum absolute atomic E-state index is 13.8. The van der Waals surface area contributed by atoms with Gasteiger partial charge in [0.1, 0.15) is 5.82 Å². The Bertz CT molecular complexity index is 613. The fraction of sp³-hybridized carbons (Fsp3) is 0.133. The summed E-state index contributed by atoms with van der Waals surface area (Å²) in [5.74, 6) is -0.430. The number of anilines is 1. The molecule has 0 aliphatic rings. The van der Waals surface area contributed by atoms with Crippen LogP contribution in [0.3, 0.4) is 0 Å². The standard InChI is InChI=1S/C15H13ClFNO/c1-10-4-2-7-13(14(10)17)18-15(19)12-6-3-5-11(8-12)9-16/h2-8H,9H2,1H3,(H,18,19). The van der Waals surface area contributed by atoms with Crippen LogP contribution in [0, 0.1) is 12.7 Å². The molecule has 2 nitrogen and oxygen atoms in total. The molecule has 0 saturated heterocycles. The average molecular weight is 278 g/mol. The highest BCUT2D eigenvalue weighted by Gasteiger charge is 2.10. The molecule has 1 amide bonds. The molecule has 0 aromatic heterocycles. The van der Waals surface area contributed by atoms with Crippen LogP contribution in [0.5, 0.6) is 0 Å². The number of halogens is 2. The third-order valence-electron chi connectivity index (χ3n) is 2.78. The van der Waals surface area contributed by atoms with Crippen molar-refractivity contribution in [1.82, 2.24) is 0 Å². The van der Waals surface area contributed by atoms with Crippen LogP contribution in [0.25, 0.3) is 0 Å². The maximum atomic E-state index is 13.8. The Morgan fingerprint density at radius 1 is 1.26 bits per heavy atom. The minimum atomic E-state index is -0.413. The second-order valence-corrected chi connectivity index (χ2v) is 4.49. The van der Waals surface area contributed by atoms with Crippen molar-refractivity contribution in [2.24, 2.45) is 0 Å². The molecule has 0 saturated carbocycles. The highest BCUT2D eigenvalue weighted by molar-refractivity contribution is 6.17. The number of nitrogens with one attached hydrogen (secondary N) is 1. The third kappa shape index (κ3) is 3.12. The second kappa shape index (κ2) is 5.85. The molecule has 4 heteroatoms. The van der Waals surface area contributed by atoms with Crippen molar-refractivity contribution in [1.29, 1.82) is 0 Å². The molecular weight excluding hydrogens is 265 g/mol. The summed E-state index contributed by atoms with van der Waals surface area (Å²) in [6.45, 7) is 1.65. The number of benzene rings is 2. The van der Waals surface area contributed by atoms with Gasteiger partial charge in [0, 0.05) is 11.4 Å². The Morgan fingerprint density at radius 3 is 2.74 bits per heavy atom. The average Bonchev–Trinajstić information content (AvgIpc) is 2.44. The number of amides is 1. The van der Waals surface area contributed by atoms with Crippen LogP contribution in [-0.2, 0) is 5.88 Å². The number of hydrogen-bond acceptors (Lipinski definition) is 1. The van der Waals surface area contributed by atoms with Crippen molar-refractivity contribution < 1.29 is 9.18 Å². The molecule has 98 valence electrons. The first kappa shape index (κ1) is 13.6. The highest BCUT2D eigenvalue weighted by Crippen LogP contribution is 2.18. The smallest absolute Gasteiger partial charge is 0.255 e. The van der Waals surface area contributed by atoms with Crippen LogP contribution < -0.4 is 5.32 Å². The molecule has 2 aromatic rings. The van der Waals surface area contributed by atoms with Crippen molar-refractivity contribution in [2.45, 2.75) is 12.8 Å². The first-order valence-electron chi connectivity index (χ1n) is 5.83. The number of carbonyl (C=O) groups excluding carboxylic acids is 1. The Balaban J connectivity index is 2.23. The van der Waals surface area contributed by atoms with Crippen LogP contribution in [0.2, 0.25) is 0 Å². The van der Waals surface area contributed by atoms with E-state index in [1.165, 1.54) is 6.07 Å². The summed E-state index contributed by atoms with van der Waals surface area (Å²) in [5, 5.41) is 2.56. The minimum Gasteiger partial charge on any atom is -0.319 e. The molecule has 0 radical (unpaired) electrons. The van der Waals surface area contributed by atoms with Crippen LogP contribution in [0.4, 0.5) is 10.1 Å². The summed E-state index contributed by atoms with van der Waals surface area (Å²) >= 11 is 5.72. The maximum Gasteiger partial charge on any atom is 0.255 e. The minimum absolute atomic E-state index is 0.182. The van der Waals surface area contributed by atoms with E-state index in [1.807, 2.05) is 6.07 Å². The van der Waals surface area contributed by atoms with Crippen LogP contribution in [0.15, 0.2) is 42.5 Å². The van der Waals surface area contributed by atoms with E-state index >= 15 is 0 Å². The summed E-state index contributed by atoms with van der Waals surface area (Å²) in [6.07, 6.45) is 0. The SMILES string of the molecule is Cc1cccc(NC(=O)c2cccc(CCl)c2)c1F. The largest absolute Gasteiger partial charge is 0.319 e. The summed E-state index contributed by atoms with van der Waals surface area (Å²) in [4.78, 5) is 12.0. The molecule has 0 fully saturated rings. The molecule has 1 N–H and O–H groups in total. The Morgan fingerprint density at radius 2 is 2.00 bits per heavy atom. The highest BCUT2D eigenvalue weighted by atomic mass is 35.5. The van der Waals surface area contributed by atoms with Gasteiger partial charge in [0.25, 0.3) is 5.91 Å². The van der Waals surface area contributed by atoms with Gasteiger partial charge in [-0.25, -0.2) is 4.39 Å². The van der Waals surface area contributed by atoms with Crippen molar-refractivity contribution >= 4 is 23.2 Å². The number of alkyl halides is 1. The summed E-state index contributed by atoms with van der Waals surface area (Å²) in [6, 6.07) is 11.8. The van der Waals surface area contributed by atoms with Gasteiger partial charge in [-0.2, -0.15) is 0 Å². The molecule has 2 aromatic carbocycles. The van der Waals surface area contributed by atoms with Crippen molar-refractivity contribution in [3.05, 3.63) is 65.0 Å². The van der Waals surface area contributed by atoms with E-state index in [4.69, 9.17) is 11.6 Å². The first-order chi connectivity index (χ1) is 9.11. The molecular formula is C15H13ClFNO. The zero-order valence-corrected chi connectivity index (χ0v) is 11.2. The van der Waals surface area contributed by atoms with E-state index in [2.05, 4.69) is 5.32 Å². The molecule has 0 atom stereocenters. The van der Waals surface area contributed by atoms with E-state index in [0.717, 1.165) is 5.56 Å². The molecule has 0 aliphatic heterocycles. The lowest BCUT2D eigenvalue weighted by Crippen LogP contribution is -2.13. The van der Waals surface area contributed by atoms with Gasteiger partial charge in [-0.3, -0.25) is 4.79 Å². The summed E-state index contributed by atoms with van der Waals surface area (Å²) in [7, 11) is 0. The number of aryl methyl sites for hydroxylation is 1. The van der Waals surface area contributed by atoms with Gasteiger partial charge in [0.05, 0.1) is 5.69 Å². The van der Waals surface area contributed by atoms with E-state index in [9.17, 15) is 9.18 Å². The fourth-order valence-electron chi connectivity index (χ4n) is 1.73. The van der Waals surface area contributed by atoms with Gasteiger partial charge in [0.15, 0.2) is 0 Å². The lowest BCUT2D eigenvalue weighted by atomic mass is 10.1. The number of hydrogen-bond donors (Lipinski definition) is 1. The summed E-state index contributed by atoms with van der Waals surface area (Å²) in [5.41, 5.74) is 1.98. The number of carbonyl (C=O) groups is 1. The molecule has 0 spiro atoms. The van der Waals surface area contributed by atoms with Crippen LogP contribution >= 0.6 is 11.6 Å². The van der Waals surface area contributed by atoms with Crippen molar-refractivity contribution in [3.8, 4) is 0 Å². The number of rotatable bonds is 3. The van der Waals surface area contributed by atoms with E-state index in [-0.39, 0.29) is 11.6 Å². The van der Waals surface area contributed by atoms with E-state index < -0.39 is 5.82 Å². The Labute approximate surface area is 116 Å². The predicted octanol–water partition coefficient (Wildman–Crippen LogP) is 4.13. The van der Waals surface area contributed by atoms with E-state index in [1.54, 1.807) is 37.3 Å². The molecule has 2 rings (SSSR count). The Kier molecular flexibility index (Phi) is 4.17. The van der Waals surface area contributed by atoms with Crippen molar-refractivity contribution in [3.63, 3.8) is 0 Å². The van der Waals surface area contributed by atoms with Crippen molar-refractivity contribution in [2.75, 3.05) is 5.32 Å². The molecule has 0 heterocycles. The molecule has 0 bridgehead atoms. The predicted molar refractivity (Wildman–Crippen MR) is 75.1 cm³/mol. The Hall–Kier alpha value is -1.87. The normalized spacial score (nSPS) is 10.3. The van der Waals surface area contributed by atoms with Crippen LogP contribution in [-0.4, -0.2) is 5.91 Å². The van der Waals surface area contributed by atoms with Gasteiger partial charge < -0.3 is 5.32 Å². The first-order valence-corrected chi connectivity index (χ1v) is 6.36. The third-order valence-corrected chi connectivity index (χ3v) is 3.09. The van der Waals surface area contributed by atoms with E-state index in [0.29, 0.717) is 17.0 Å². The zero-order chi connectivity index (χ0) is 13.8. The second-order valence-electron chi connectivity index (χ2n) is 4.22. The molecule has 0 aliphatic carbocycles. The molecule has 0 unspecified atom stereocenters. The van der Waals surface area contributed by atoms with Gasteiger partial charge in [-0.05, 0) is 36.2 Å². The van der Waals surface area contributed by atoms with Gasteiger partial charge >= 0.3 is 0 Å². The topological polar surface area (TPSA) is 29.1 Å². The zero-order valence-electron chi connectivity index (χ0n) is 10.4. The quantitative estimate of drug-likeness (QED) is 0.840. The van der Waals surface area contributed by atoms with Gasteiger partial charge in [0.2, 0.25) is 0 Å². The van der Waals surface area contributed by atoms with Gasteiger partial charge in [-0.1, -0.05) is 24.3 Å². The monoisotopic (exact) mass is 277 g/mol. The molecule has 19 heavy (non-hydrogen) atoms. The van der Waals surface area contributed by atoms with Gasteiger partial charge in [-0.15, -0.1) is 11.6 Å².